The van der Waals surface area contributed by atoms with Gasteiger partial charge in [-0.05, 0) is 12.8 Å². The predicted octanol–water partition coefficient (Wildman–Crippen LogP) is -1.08. The molecule has 0 saturated carbocycles. The van der Waals surface area contributed by atoms with Gasteiger partial charge in [-0.1, -0.05) is 0 Å². The van der Waals surface area contributed by atoms with Gasteiger partial charge in [0.05, 0.1) is 18.9 Å². The number of nitrogens with one attached hydrogen (secondary N) is 1. The number of carboxylic acids is 1. The van der Waals surface area contributed by atoms with Crippen LogP contribution in [-0.2, 0) is 14.4 Å². The molecule has 1 aliphatic rings. The second kappa shape index (κ2) is 6.95. The number of nitrogens with two attached hydrogens (primary N) is 1. The summed E-state index contributed by atoms with van der Waals surface area (Å²) in [5.41, 5.74) is 5.66. The summed E-state index contributed by atoms with van der Waals surface area (Å²) < 4.78 is 0. The number of amides is 2. The van der Waals surface area contributed by atoms with E-state index in [1.165, 1.54) is 0 Å². The van der Waals surface area contributed by atoms with Crippen molar-refractivity contribution in [1.29, 1.82) is 0 Å². The Labute approximate surface area is 105 Å². The average molecular weight is 257 g/mol. The lowest BCUT2D eigenvalue weighted by atomic mass is 10.2. The van der Waals surface area contributed by atoms with Crippen molar-refractivity contribution in [2.75, 3.05) is 19.6 Å². The number of hydrogen-bond acceptors (Lipinski definition) is 4. The quantitative estimate of drug-likeness (QED) is 0.560. The number of carbonyl (C=O) groups is 3. The van der Waals surface area contributed by atoms with Gasteiger partial charge in [0.15, 0.2) is 0 Å². The molecule has 1 saturated heterocycles. The fraction of sp³-hybridized carbons (Fsp3) is 0.727. The fourth-order valence-corrected chi connectivity index (χ4v) is 1.84. The summed E-state index contributed by atoms with van der Waals surface area (Å²) in [5, 5.41) is 10.8. The highest BCUT2D eigenvalue weighted by Crippen LogP contribution is 2.09. The molecule has 0 unspecified atom stereocenters. The van der Waals surface area contributed by atoms with Crippen LogP contribution in [0.15, 0.2) is 0 Å². The molecule has 0 radical (unpaired) electrons. The van der Waals surface area contributed by atoms with Crippen molar-refractivity contribution in [1.82, 2.24) is 10.2 Å². The maximum atomic E-state index is 11.8. The van der Waals surface area contributed by atoms with E-state index in [1.54, 1.807) is 4.90 Å². The van der Waals surface area contributed by atoms with E-state index in [9.17, 15) is 14.4 Å². The molecule has 0 aliphatic carbocycles. The van der Waals surface area contributed by atoms with Crippen LogP contribution in [0.5, 0.6) is 0 Å². The van der Waals surface area contributed by atoms with Crippen molar-refractivity contribution in [3.05, 3.63) is 0 Å². The Morgan fingerprint density at radius 1 is 1.28 bits per heavy atom. The number of nitrogens with zero attached hydrogens (tertiary/aromatic N) is 1. The monoisotopic (exact) mass is 257 g/mol. The highest BCUT2D eigenvalue weighted by atomic mass is 16.4. The van der Waals surface area contributed by atoms with Crippen molar-refractivity contribution in [3.63, 3.8) is 0 Å². The zero-order valence-electron chi connectivity index (χ0n) is 10.2. The molecule has 102 valence electrons. The van der Waals surface area contributed by atoms with Gasteiger partial charge >= 0.3 is 5.97 Å². The first-order chi connectivity index (χ1) is 8.50. The standard InChI is InChI=1S/C11H19N3O4/c12-8(11(18)14-5-1-2-6-14)7-9(15)13-4-3-10(16)17/h8H,1-7,12H2,(H,13,15)(H,16,17)/t8-/m0/s1. The molecule has 2 amide bonds. The molecule has 0 bridgehead atoms. The number of aliphatic carboxylic acids is 1. The van der Waals surface area contributed by atoms with Gasteiger partial charge in [0.25, 0.3) is 0 Å². The Kier molecular flexibility index (Phi) is 5.57. The molecule has 7 nitrogen and oxygen atoms in total. The molecular weight excluding hydrogens is 238 g/mol. The van der Waals surface area contributed by atoms with E-state index in [2.05, 4.69) is 5.32 Å². The molecule has 0 aromatic carbocycles. The van der Waals surface area contributed by atoms with Crippen LogP contribution >= 0.6 is 0 Å². The minimum absolute atomic E-state index is 0.0544. The molecule has 1 aliphatic heterocycles. The van der Waals surface area contributed by atoms with Gasteiger partial charge in [-0.2, -0.15) is 0 Å². The first-order valence-corrected chi connectivity index (χ1v) is 6.03. The maximum absolute atomic E-state index is 11.8. The lowest BCUT2D eigenvalue weighted by molar-refractivity contribution is -0.137. The van der Waals surface area contributed by atoms with Gasteiger partial charge in [-0.15, -0.1) is 0 Å². The smallest absolute Gasteiger partial charge is 0.305 e. The topological polar surface area (TPSA) is 113 Å². The molecule has 4 N–H and O–H groups in total. The highest BCUT2D eigenvalue weighted by molar-refractivity contribution is 5.88. The number of carboxylic acid groups (broad SMARTS) is 1. The van der Waals surface area contributed by atoms with E-state index in [0.717, 1.165) is 12.8 Å². The second-order valence-electron chi connectivity index (χ2n) is 4.34. The summed E-state index contributed by atoms with van der Waals surface area (Å²) in [6.45, 7) is 1.46. The van der Waals surface area contributed by atoms with E-state index >= 15 is 0 Å². The Morgan fingerprint density at radius 2 is 1.89 bits per heavy atom. The lowest BCUT2D eigenvalue weighted by Gasteiger charge is -2.19. The maximum Gasteiger partial charge on any atom is 0.305 e. The first-order valence-electron chi connectivity index (χ1n) is 6.03. The fourth-order valence-electron chi connectivity index (χ4n) is 1.84. The Bertz CT molecular complexity index is 326. The van der Waals surface area contributed by atoms with Crippen molar-refractivity contribution < 1.29 is 19.5 Å². The van der Waals surface area contributed by atoms with Crippen LogP contribution in [0, 0.1) is 0 Å². The van der Waals surface area contributed by atoms with E-state index in [1.807, 2.05) is 0 Å². The third-order valence-electron chi connectivity index (χ3n) is 2.80. The molecule has 1 rings (SSSR count). The average Bonchev–Trinajstić information content (AvgIpc) is 2.80. The lowest BCUT2D eigenvalue weighted by Crippen LogP contribution is -2.45. The highest BCUT2D eigenvalue weighted by Gasteiger charge is 2.25. The number of likely N-dealkylation sites (tertiary alicyclic amines) is 1. The number of hydrogen-bond donors (Lipinski definition) is 3. The van der Waals surface area contributed by atoms with Crippen LogP contribution in [0.25, 0.3) is 0 Å². The summed E-state index contributed by atoms with van der Waals surface area (Å²) in [7, 11) is 0. The molecule has 7 heteroatoms. The van der Waals surface area contributed by atoms with Crippen LogP contribution in [0.1, 0.15) is 25.7 Å². The van der Waals surface area contributed by atoms with Crippen molar-refractivity contribution in [2.45, 2.75) is 31.7 Å². The van der Waals surface area contributed by atoms with Gasteiger partial charge in [0.2, 0.25) is 11.8 Å². The SMILES string of the molecule is N[C@@H](CC(=O)NCCC(=O)O)C(=O)N1CCCC1. The Balaban J connectivity index is 2.25. The van der Waals surface area contributed by atoms with E-state index in [4.69, 9.17) is 10.8 Å². The van der Waals surface area contributed by atoms with Crippen LogP contribution in [0.4, 0.5) is 0 Å². The van der Waals surface area contributed by atoms with Crippen LogP contribution < -0.4 is 11.1 Å². The third kappa shape index (κ3) is 4.70. The van der Waals surface area contributed by atoms with Gasteiger partial charge in [0.1, 0.15) is 0 Å². The van der Waals surface area contributed by atoms with Crippen molar-refractivity contribution in [3.8, 4) is 0 Å². The zero-order valence-corrected chi connectivity index (χ0v) is 10.2. The van der Waals surface area contributed by atoms with Crippen LogP contribution in [0.2, 0.25) is 0 Å². The van der Waals surface area contributed by atoms with Gasteiger partial charge in [-0.25, -0.2) is 0 Å². The molecule has 1 fully saturated rings. The number of carbonyl (C=O) groups excluding carboxylic acids is 2. The van der Waals surface area contributed by atoms with Gasteiger partial charge in [0, 0.05) is 19.6 Å². The first kappa shape index (κ1) is 14.4. The minimum atomic E-state index is -0.979. The molecule has 18 heavy (non-hydrogen) atoms. The minimum Gasteiger partial charge on any atom is -0.481 e. The summed E-state index contributed by atoms with van der Waals surface area (Å²) in [6, 6.07) is -0.840. The van der Waals surface area contributed by atoms with Gasteiger partial charge < -0.3 is 21.1 Å². The predicted molar refractivity (Wildman–Crippen MR) is 63.7 cm³/mol. The largest absolute Gasteiger partial charge is 0.481 e. The van der Waals surface area contributed by atoms with Crippen molar-refractivity contribution in [2.24, 2.45) is 5.73 Å². The molecule has 0 aromatic rings. The third-order valence-corrected chi connectivity index (χ3v) is 2.80. The molecule has 0 spiro atoms. The summed E-state index contributed by atoms with van der Waals surface area (Å²) in [6.07, 6.45) is 1.71. The van der Waals surface area contributed by atoms with E-state index in [-0.39, 0.29) is 25.3 Å². The summed E-state index contributed by atoms with van der Waals surface area (Å²) >= 11 is 0. The van der Waals surface area contributed by atoms with Crippen LogP contribution in [-0.4, -0.2) is 53.5 Å². The summed E-state index contributed by atoms with van der Waals surface area (Å²) in [4.78, 5) is 35.1. The second-order valence-corrected chi connectivity index (χ2v) is 4.34. The van der Waals surface area contributed by atoms with Gasteiger partial charge in [-0.3, -0.25) is 14.4 Å². The normalized spacial score (nSPS) is 16.4. The Hall–Kier alpha value is -1.63. The Morgan fingerprint density at radius 3 is 2.44 bits per heavy atom. The van der Waals surface area contributed by atoms with E-state index in [0.29, 0.717) is 13.1 Å². The molecule has 1 atom stereocenters. The van der Waals surface area contributed by atoms with E-state index < -0.39 is 17.9 Å². The van der Waals surface area contributed by atoms with Crippen LogP contribution in [0.3, 0.4) is 0 Å². The molecule has 0 aromatic heterocycles. The number of rotatable bonds is 6. The molecular formula is C11H19N3O4. The molecule has 1 heterocycles. The zero-order chi connectivity index (χ0) is 13.5. The summed E-state index contributed by atoms with van der Waals surface area (Å²) in [5.74, 6) is -1.58. The van der Waals surface area contributed by atoms with Crippen molar-refractivity contribution >= 4 is 17.8 Å².